The van der Waals surface area contributed by atoms with Crippen molar-refractivity contribution in [2.75, 3.05) is 33.3 Å². The second-order valence-electron chi connectivity index (χ2n) is 7.26. The van der Waals surface area contributed by atoms with E-state index >= 15 is 0 Å². The zero-order valence-electron chi connectivity index (χ0n) is 17.0. The van der Waals surface area contributed by atoms with Gasteiger partial charge in [0.2, 0.25) is 17.6 Å². The summed E-state index contributed by atoms with van der Waals surface area (Å²) in [5.41, 5.74) is 1.98. The number of amides is 1. The molecule has 1 fully saturated rings. The number of ether oxygens (including phenoxy) is 1. The van der Waals surface area contributed by atoms with Gasteiger partial charge in [0.25, 0.3) is 0 Å². The highest BCUT2D eigenvalue weighted by atomic mass is 16.5. The standard InChI is InChI=1S/C22H25N5O3/c1-29-19-7-5-18(6-8-19)22-24-20(30-25-22)16-26-11-13-27(14-12-26)21(28)9-4-17-3-2-10-23-15-17/h2-3,5-8,10,15H,4,9,11-14,16H2,1H3. The SMILES string of the molecule is COc1ccc(-c2noc(CN3CCN(C(=O)CCc4cccnc4)CC3)n2)cc1. The van der Waals surface area contributed by atoms with Crippen molar-refractivity contribution in [2.24, 2.45) is 0 Å². The van der Waals surface area contributed by atoms with Crippen LogP contribution in [0.1, 0.15) is 17.9 Å². The van der Waals surface area contributed by atoms with Crippen LogP contribution in [0.3, 0.4) is 0 Å². The van der Waals surface area contributed by atoms with Crippen molar-refractivity contribution in [3.63, 3.8) is 0 Å². The molecule has 1 saturated heterocycles. The Morgan fingerprint density at radius 3 is 2.63 bits per heavy atom. The quantitative estimate of drug-likeness (QED) is 0.595. The van der Waals surface area contributed by atoms with Crippen LogP contribution in [-0.2, 0) is 17.8 Å². The molecule has 2 aromatic heterocycles. The Morgan fingerprint density at radius 1 is 1.13 bits per heavy atom. The van der Waals surface area contributed by atoms with E-state index in [1.807, 2.05) is 47.5 Å². The molecule has 1 amide bonds. The first-order valence-corrected chi connectivity index (χ1v) is 10.1. The van der Waals surface area contributed by atoms with Gasteiger partial charge in [-0.05, 0) is 42.3 Å². The van der Waals surface area contributed by atoms with E-state index in [-0.39, 0.29) is 5.91 Å². The summed E-state index contributed by atoms with van der Waals surface area (Å²) in [6.07, 6.45) is 4.80. The maximum Gasteiger partial charge on any atom is 0.241 e. The zero-order chi connectivity index (χ0) is 20.8. The lowest BCUT2D eigenvalue weighted by Crippen LogP contribution is -2.48. The van der Waals surface area contributed by atoms with Gasteiger partial charge < -0.3 is 14.2 Å². The lowest BCUT2D eigenvalue weighted by molar-refractivity contribution is -0.133. The number of rotatable bonds is 7. The molecule has 3 heterocycles. The molecule has 0 bridgehead atoms. The Balaban J connectivity index is 1.24. The van der Waals surface area contributed by atoms with Crippen LogP contribution in [-0.4, -0.2) is 64.1 Å². The molecule has 0 spiro atoms. The first kappa shape index (κ1) is 20.0. The van der Waals surface area contributed by atoms with Gasteiger partial charge in [-0.1, -0.05) is 11.2 Å². The number of carbonyl (C=O) groups excluding carboxylic acids is 1. The largest absolute Gasteiger partial charge is 0.497 e. The minimum Gasteiger partial charge on any atom is -0.497 e. The van der Waals surface area contributed by atoms with Crippen molar-refractivity contribution in [3.8, 4) is 17.1 Å². The van der Waals surface area contributed by atoms with E-state index in [1.165, 1.54) is 0 Å². The Bertz CT molecular complexity index is 950. The number of benzene rings is 1. The zero-order valence-corrected chi connectivity index (χ0v) is 17.0. The molecule has 8 heteroatoms. The van der Waals surface area contributed by atoms with Gasteiger partial charge in [0.05, 0.1) is 13.7 Å². The molecule has 156 valence electrons. The number of aryl methyl sites for hydroxylation is 1. The van der Waals surface area contributed by atoms with Crippen molar-refractivity contribution in [2.45, 2.75) is 19.4 Å². The predicted octanol–water partition coefficient (Wildman–Crippen LogP) is 2.42. The van der Waals surface area contributed by atoms with E-state index < -0.39 is 0 Å². The fourth-order valence-electron chi connectivity index (χ4n) is 3.48. The minimum absolute atomic E-state index is 0.193. The maximum atomic E-state index is 12.5. The molecular formula is C22H25N5O3. The molecule has 1 aliphatic heterocycles. The highest BCUT2D eigenvalue weighted by Gasteiger charge is 2.22. The van der Waals surface area contributed by atoms with Gasteiger partial charge >= 0.3 is 0 Å². The predicted molar refractivity (Wildman–Crippen MR) is 111 cm³/mol. The summed E-state index contributed by atoms with van der Waals surface area (Å²) in [7, 11) is 1.63. The minimum atomic E-state index is 0.193. The lowest BCUT2D eigenvalue weighted by Gasteiger charge is -2.34. The first-order valence-electron chi connectivity index (χ1n) is 10.1. The molecule has 0 N–H and O–H groups in total. The molecule has 0 aliphatic carbocycles. The van der Waals surface area contributed by atoms with Gasteiger partial charge in [-0.25, -0.2) is 0 Å². The fourth-order valence-corrected chi connectivity index (χ4v) is 3.48. The summed E-state index contributed by atoms with van der Waals surface area (Å²) >= 11 is 0. The van der Waals surface area contributed by atoms with Gasteiger partial charge in [0.1, 0.15) is 5.75 Å². The number of aromatic nitrogens is 3. The van der Waals surface area contributed by atoms with Crippen molar-refractivity contribution >= 4 is 5.91 Å². The third-order valence-corrected chi connectivity index (χ3v) is 5.25. The Morgan fingerprint density at radius 2 is 1.93 bits per heavy atom. The van der Waals surface area contributed by atoms with Gasteiger partial charge in [-0.2, -0.15) is 4.98 Å². The molecule has 3 aromatic rings. The number of hydrogen-bond acceptors (Lipinski definition) is 7. The highest BCUT2D eigenvalue weighted by Crippen LogP contribution is 2.20. The molecule has 1 aromatic carbocycles. The van der Waals surface area contributed by atoms with E-state index in [4.69, 9.17) is 9.26 Å². The first-order chi connectivity index (χ1) is 14.7. The van der Waals surface area contributed by atoms with Gasteiger partial charge in [0, 0.05) is 50.6 Å². The van der Waals surface area contributed by atoms with Gasteiger partial charge in [-0.3, -0.25) is 14.7 Å². The van der Waals surface area contributed by atoms with E-state index in [1.54, 1.807) is 13.3 Å². The molecular weight excluding hydrogens is 382 g/mol. The van der Waals surface area contributed by atoms with Crippen molar-refractivity contribution in [3.05, 3.63) is 60.2 Å². The molecule has 8 nitrogen and oxygen atoms in total. The maximum absolute atomic E-state index is 12.5. The molecule has 1 aliphatic rings. The van der Waals surface area contributed by atoms with Crippen LogP contribution < -0.4 is 4.74 Å². The van der Waals surface area contributed by atoms with E-state index in [0.29, 0.717) is 37.8 Å². The summed E-state index contributed by atoms with van der Waals surface area (Å²) in [4.78, 5) is 25.2. The molecule has 0 atom stereocenters. The Labute approximate surface area is 175 Å². The summed E-state index contributed by atoms with van der Waals surface area (Å²) in [5.74, 6) is 2.13. The second-order valence-corrected chi connectivity index (χ2v) is 7.26. The molecule has 0 saturated carbocycles. The van der Waals surface area contributed by atoms with Crippen LogP contribution in [0.4, 0.5) is 0 Å². The summed E-state index contributed by atoms with van der Waals surface area (Å²) in [6, 6.07) is 11.5. The molecule has 0 radical (unpaired) electrons. The Kier molecular flexibility index (Phi) is 6.34. The Hall–Kier alpha value is -3.26. The highest BCUT2D eigenvalue weighted by molar-refractivity contribution is 5.76. The van der Waals surface area contributed by atoms with Gasteiger partial charge in [-0.15, -0.1) is 0 Å². The lowest BCUT2D eigenvalue weighted by atomic mass is 10.1. The fraction of sp³-hybridized carbons (Fsp3) is 0.364. The van der Waals surface area contributed by atoms with Crippen LogP contribution in [0.5, 0.6) is 5.75 Å². The third kappa shape index (κ3) is 5.01. The van der Waals surface area contributed by atoms with Crippen molar-refractivity contribution in [1.82, 2.24) is 24.9 Å². The molecule has 4 rings (SSSR count). The van der Waals surface area contributed by atoms with Crippen LogP contribution >= 0.6 is 0 Å². The van der Waals surface area contributed by atoms with Crippen LogP contribution in [0, 0.1) is 0 Å². The van der Waals surface area contributed by atoms with Crippen LogP contribution in [0.2, 0.25) is 0 Å². The third-order valence-electron chi connectivity index (χ3n) is 5.25. The summed E-state index contributed by atoms with van der Waals surface area (Å²) < 4.78 is 10.6. The molecule has 30 heavy (non-hydrogen) atoms. The van der Waals surface area contributed by atoms with Crippen molar-refractivity contribution in [1.29, 1.82) is 0 Å². The smallest absolute Gasteiger partial charge is 0.241 e. The average molecular weight is 407 g/mol. The number of piperazine rings is 1. The van der Waals surface area contributed by atoms with E-state index in [2.05, 4.69) is 20.0 Å². The second kappa shape index (κ2) is 9.49. The number of hydrogen-bond donors (Lipinski definition) is 0. The van der Waals surface area contributed by atoms with Gasteiger partial charge in [0.15, 0.2) is 0 Å². The van der Waals surface area contributed by atoms with E-state index in [0.717, 1.165) is 36.4 Å². The topological polar surface area (TPSA) is 84.6 Å². The summed E-state index contributed by atoms with van der Waals surface area (Å²) in [6.45, 7) is 3.59. The molecule has 0 unspecified atom stereocenters. The normalized spacial score (nSPS) is 14.6. The summed E-state index contributed by atoms with van der Waals surface area (Å²) in [5, 5.41) is 4.08. The number of pyridine rings is 1. The van der Waals surface area contributed by atoms with Crippen molar-refractivity contribution < 1.29 is 14.1 Å². The average Bonchev–Trinajstić information content (AvgIpc) is 3.27. The van der Waals surface area contributed by atoms with E-state index in [9.17, 15) is 4.79 Å². The van der Waals surface area contributed by atoms with Crippen LogP contribution in [0.25, 0.3) is 11.4 Å². The number of methoxy groups -OCH3 is 1. The number of nitrogens with zero attached hydrogens (tertiary/aromatic N) is 5. The number of carbonyl (C=O) groups is 1. The van der Waals surface area contributed by atoms with Crippen LogP contribution in [0.15, 0.2) is 53.3 Å². The monoisotopic (exact) mass is 407 g/mol.